The van der Waals surface area contributed by atoms with E-state index in [0.717, 1.165) is 38.5 Å². The molecular weight excluding hydrogens is 450 g/mol. The Labute approximate surface area is 181 Å². The van der Waals surface area contributed by atoms with Crippen LogP contribution in [0.2, 0.25) is 0 Å². The second-order valence-corrected chi connectivity index (χ2v) is 8.73. The van der Waals surface area contributed by atoms with Gasteiger partial charge in [0.2, 0.25) is 0 Å². The maximum atomic E-state index is 12.8. The van der Waals surface area contributed by atoms with Gasteiger partial charge in [-0.25, -0.2) is 0 Å². The lowest BCUT2D eigenvalue weighted by Crippen LogP contribution is -2.27. The van der Waals surface area contributed by atoms with E-state index in [1.54, 1.807) is 12.1 Å². The monoisotopic (exact) mass is 467 g/mol. The third-order valence-corrected chi connectivity index (χ3v) is 6.32. The van der Waals surface area contributed by atoms with Crippen molar-refractivity contribution in [3.63, 3.8) is 0 Å². The Morgan fingerprint density at radius 2 is 1.86 bits per heavy atom. The first-order valence-electron chi connectivity index (χ1n) is 9.08. The lowest BCUT2D eigenvalue weighted by atomic mass is 10.1. The summed E-state index contributed by atoms with van der Waals surface area (Å²) in [5.74, 6) is 0.939. The number of thioether (sulfide) groups is 1. The van der Waals surface area contributed by atoms with Crippen LogP contribution in [0.1, 0.15) is 22.5 Å². The summed E-state index contributed by atoms with van der Waals surface area (Å²) in [4.78, 5) is 26.8. The molecule has 0 aliphatic carbocycles. The molecule has 2 heterocycles. The van der Waals surface area contributed by atoms with Crippen molar-refractivity contribution < 1.29 is 14.0 Å². The van der Waals surface area contributed by atoms with E-state index in [-0.39, 0.29) is 17.7 Å². The van der Waals surface area contributed by atoms with Crippen molar-refractivity contribution in [2.45, 2.75) is 20.4 Å². The van der Waals surface area contributed by atoms with Crippen LogP contribution in [0.15, 0.2) is 68.4 Å². The Morgan fingerprint density at radius 1 is 1.07 bits per heavy atom. The topological polar surface area (TPSA) is 50.5 Å². The molecule has 1 aliphatic rings. The van der Waals surface area contributed by atoms with E-state index in [0.29, 0.717) is 16.4 Å². The van der Waals surface area contributed by atoms with Gasteiger partial charge < -0.3 is 4.42 Å². The molecule has 1 aromatic heterocycles. The molecule has 0 unspecified atom stereocenters. The Balaban J connectivity index is 1.56. The number of rotatable bonds is 4. The fourth-order valence-corrected chi connectivity index (χ4v) is 4.63. The highest BCUT2D eigenvalue weighted by atomic mass is 79.9. The first-order valence-corrected chi connectivity index (χ1v) is 10.7. The highest BCUT2D eigenvalue weighted by Gasteiger charge is 2.35. The molecule has 1 aliphatic heterocycles. The van der Waals surface area contributed by atoms with E-state index in [2.05, 4.69) is 15.9 Å². The zero-order valence-corrected chi connectivity index (χ0v) is 18.3. The number of hydrogen-bond acceptors (Lipinski definition) is 4. The zero-order valence-electron chi connectivity index (χ0n) is 15.9. The predicted octanol–water partition coefficient (Wildman–Crippen LogP) is 6.56. The first-order chi connectivity index (χ1) is 13.9. The lowest BCUT2D eigenvalue weighted by molar-refractivity contribution is -0.123. The van der Waals surface area contributed by atoms with Crippen molar-refractivity contribution in [2.24, 2.45) is 0 Å². The van der Waals surface area contributed by atoms with Crippen molar-refractivity contribution >= 4 is 44.9 Å². The van der Waals surface area contributed by atoms with Crippen molar-refractivity contribution in [1.82, 2.24) is 4.90 Å². The molecule has 2 amide bonds. The number of benzene rings is 2. The Kier molecular flexibility index (Phi) is 5.48. The summed E-state index contributed by atoms with van der Waals surface area (Å²) in [7, 11) is 0. The minimum atomic E-state index is -0.294. The van der Waals surface area contributed by atoms with Crippen LogP contribution in [0.25, 0.3) is 17.4 Å². The van der Waals surface area contributed by atoms with Gasteiger partial charge in [0.05, 0.1) is 11.4 Å². The maximum absolute atomic E-state index is 12.8. The summed E-state index contributed by atoms with van der Waals surface area (Å²) in [6, 6.07) is 17.4. The summed E-state index contributed by atoms with van der Waals surface area (Å²) in [5, 5.41) is -0.266. The Morgan fingerprint density at radius 3 is 2.62 bits per heavy atom. The minimum Gasteiger partial charge on any atom is -0.457 e. The number of carbonyl (C=O) groups is 2. The molecule has 3 aromatic rings. The largest absolute Gasteiger partial charge is 0.457 e. The van der Waals surface area contributed by atoms with Crippen molar-refractivity contribution in [3.05, 3.63) is 86.4 Å². The number of halogens is 1. The van der Waals surface area contributed by atoms with Crippen LogP contribution in [0.3, 0.4) is 0 Å². The van der Waals surface area contributed by atoms with E-state index in [1.165, 1.54) is 4.90 Å². The minimum absolute atomic E-state index is 0.266. The SMILES string of the molecule is Cc1ccc(-c2ccc(/C=C3\SC(=O)N(Cc4ccccc4C)C3=O)o2)c(Br)c1. The molecule has 146 valence electrons. The average molecular weight is 468 g/mol. The molecule has 4 rings (SSSR count). The smallest absolute Gasteiger partial charge is 0.293 e. The lowest BCUT2D eigenvalue weighted by Gasteiger charge is -2.14. The van der Waals surface area contributed by atoms with E-state index in [4.69, 9.17) is 4.42 Å². The number of nitrogens with zero attached hydrogens (tertiary/aromatic N) is 1. The third-order valence-electron chi connectivity index (χ3n) is 4.75. The molecule has 1 fully saturated rings. The molecule has 0 radical (unpaired) electrons. The Bertz CT molecular complexity index is 1150. The van der Waals surface area contributed by atoms with Gasteiger partial charge in [-0.05, 0) is 66.6 Å². The second kappa shape index (κ2) is 8.05. The molecule has 0 spiro atoms. The van der Waals surface area contributed by atoms with E-state index >= 15 is 0 Å². The molecule has 0 atom stereocenters. The van der Waals surface area contributed by atoms with Gasteiger partial charge in [-0.2, -0.15) is 0 Å². The number of amides is 2. The highest BCUT2D eigenvalue weighted by Crippen LogP contribution is 2.35. The quantitative estimate of drug-likeness (QED) is 0.407. The number of carbonyl (C=O) groups excluding carboxylic acids is 2. The highest BCUT2D eigenvalue weighted by molar-refractivity contribution is 9.10. The fourth-order valence-electron chi connectivity index (χ4n) is 3.12. The maximum Gasteiger partial charge on any atom is 0.293 e. The standard InChI is InChI=1S/C23H18BrNO3S/c1-14-7-9-18(19(24)11-14)20-10-8-17(28-20)12-21-22(26)25(23(27)29-21)13-16-6-4-3-5-15(16)2/h3-12H,13H2,1-2H3/b21-12-. The van der Waals surface area contributed by atoms with Gasteiger partial charge in [-0.15, -0.1) is 0 Å². The van der Waals surface area contributed by atoms with Crippen LogP contribution in [0.4, 0.5) is 4.79 Å². The molecule has 2 aromatic carbocycles. The zero-order chi connectivity index (χ0) is 20.5. The van der Waals surface area contributed by atoms with Crippen LogP contribution in [0.5, 0.6) is 0 Å². The van der Waals surface area contributed by atoms with Crippen LogP contribution < -0.4 is 0 Å². The number of imide groups is 1. The van der Waals surface area contributed by atoms with E-state index < -0.39 is 0 Å². The summed E-state index contributed by atoms with van der Waals surface area (Å²) < 4.78 is 6.85. The summed E-state index contributed by atoms with van der Waals surface area (Å²) in [6.07, 6.45) is 1.63. The van der Waals surface area contributed by atoms with Crippen LogP contribution in [-0.2, 0) is 11.3 Å². The molecule has 29 heavy (non-hydrogen) atoms. The van der Waals surface area contributed by atoms with Gasteiger partial charge in [0.1, 0.15) is 11.5 Å². The van der Waals surface area contributed by atoms with Gasteiger partial charge in [0.15, 0.2) is 0 Å². The molecular formula is C23H18BrNO3S. The molecule has 4 nitrogen and oxygen atoms in total. The van der Waals surface area contributed by atoms with Crippen molar-refractivity contribution in [1.29, 1.82) is 0 Å². The predicted molar refractivity (Wildman–Crippen MR) is 119 cm³/mol. The van der Waals surface area contributed by atoms with E-state index in [1.807, 2.05) is 62.4 Å². The van der Waals surface area contributed by atoms with Gasteiger partial charge in [0.25, 0.3) is 11.1 Å². The molecule has 0 bridgehead atoms. The Hall–Kier alpha value is -2.57. The molecule has 0 N–H and O–H groups in total. The number of aryl methyl sites for hydroxylation is 2. The first kappa shape index (κ1) is 19.7. The fraction of sp³-hybridized carbons (Fsp3) is 0.130. The molecule has 0 saturated carbocycles. The van der Waals surface area contributed by atoms with E-state index in [9.17, 15) is 9.59 Å². The van der Waals surface area contributed by atoms with Gasteiger partial charge in [-0.3, -0.25) is 14.5 Å². The van der Waals surface area contributed by atoms with Crippen LogP contribution in [-0.4, -0.2) is 16.0 Å². The van der Waals surface area contributed by atoms with Gasteiger partial charge in [0, 0.05) is 16.1 Å². The van der Waals surface area contributed by atoms with Crippen molar-refractivity contribution in [2.75, 3.05) is 0 Å². The summed E-state index contributed by atoms with van der Waals surface area (Å²) in [6.45, 7) is 4.27. The third kappa shape index (κ3) is 4.09. The van der Waals surface area contributed by atoms with Crippen molar-refractivity contribution in [3.8, 4) is 11.3 Å². The van der Waals surface area contributed by atoms with Gasteiger partial charge in [-0.1, -0.05) is 46.3 Å². The molecule has 1 saturated heterocycles. The number of hydrogen-bond donors (Lipinski definition) is 0. The average Bonchev–Trinajstić information content (AvgIpc) is 3.24. The number of furan rings is 1. The van der Waals surface area contributed by atoms with Crippen LogP contribution >= 0.6 is 27.7 Å². The summed E-state index contributed by atoms with van der Waals surface area (Å²) >= 11 is 4.50. The normalized spacial score (nSPS) is 15.6. The second-order valence-electron chi connectivity index (χ2n) is 6.88. The molecule has 6 heteroatoms. The van der Waals surface area contributed by atoms with Gasteiger partial charge >= 0.3 is 0 Å². The van der Waals surface area contributed by atoms with Crippen LogP contribution in [0, 0.1) is 13.8 Å². The summed E-state index contributed by atoms with van der Waals surface area (Å²) in [5.41, 5.74) is 4.09.